The van der Waals surface area contributed by atoms with Crippen LogP contribution >= 0.6 is 0 Å². The normalized spacial score (nSPS) is 20.4. The van der Waals surface area contributed by atoms with Crippen LogP contribution in [0.1, 0.15) is 26.6 Å². The highest BCUT2D eigenvalue weighted by molar-refractivity contribution is 5.76. The van der Waals surface area contributed by atoms with Gasteiger partial charge in [-0.3, -0.25) is 0 Å². The van der Waals surface area contributed by atoms with E-state index in [9.17, 15) is 0 Å². The van der Waals surface area contributed by atoms with Gasteiger partial charge in [-0.2, -0.15) is 0 Å². The molecule has 108 valence electrons. The first kappa shape index (κ1) is 13.6. The molecular formula is C16H23N3O. The van der Waals surface area contributed by atoms with Crippen LogP contribution in [0, 0.1) is 0 Å². The number of ether oxygens (including phenoxy) is 1. The smallest absolute Gasteiger partial charge is 0.113 e. The van der Waals surface area contributed by atoms with Crippen molar-refractivity contribution in [3.8, 4) is 0 Å². The second-order valence-corrected chi connectivity index (χ2v) is 6.42. The van der Waals surface area contributed by atoms with Gasteiger partial charge in [0.1, 0.15) is 5.82 Å². The van der Waals surface area contributed by atoms with Crippen LogP contribution in [-0.4, -0.2) is 35.4 Å². The van der Waals surface area contributed by atoms with E-state index in [1.807, 2.05) is 6.07 Å². The number of nitrogens with zero attached hydrogens (tertiary/aromatic N) is 2. The topological polar surface area (TPSA) is 39.1 Å². The van der Waals surface area contributed by atoms with E-state index >= 15 is 0 Å². The van der Waals surface area contributed by atoms with Gasteiger partial charge in [0.2, 0.25) is 0 Å². The third kappa shape index (κ3) is 2.58. The van der Waals surface area contributed by atoms with Crippen LogP contribution in [0.15, 0.2) is 24.3 Å². The van der Waals surface area contributed by atoms with Gasteiger partial charge in [0, 0.05) is 25.0 Å². The molecule has 4 nitrogen and oxygen atoms in total. The first-order valence-electron chi connectivity index (χ1n) is 7.35. The molecule has 0 amide bonds. The van der Waals surface area contributed by atoms with Crippen molar-refractivity contribution < 1.29 is 4.74 Å². The average Bonchev–Trinajstić information content (AvgIpc) is 2.77. The molecule has 20 heavy (non-hydrogen) atoms. The molecule has 3 rings (SSSR count). The Kier molecular flexibility index (Phi) is 3.52. The number of hydrogen-bond donors (Lipinski definition) is 1. The zero-order valence-corrected chi connectivity index (χ0v) is 12.5. The number of rotatable bonds is 2. The van der Waals surface area contributed by atoms with Crippen molar-refractivity contribution >= 4 is 11.0 Å². The zero-order valence-electron chi connectivity index (χ0n) is 12.5. The summed E-state index contributed by atoms with van der Waals surface area (Å²) < 4.78 is 8.18. The van der Waals surface area contributed by atoms with Crippen LogP contribution in [0.4, 0.5) is 0 Å². The number of morpholine rings is 1. The van der Waals surface area contributed by atoms with Crippen LogP contribution in [0.5, 0.6) is 0 Å². The molecule has 1 aliphatic heterocycles. The van der Waals surface area contributed by atoms with Crippen molar-refractivity contribution in [3.05, 3.63) is 30.1 Å². The van der Waals surface area contributed by atoms with E-state index in [-0.39, 0.29) is 11.6 Å². The van der Waals surface area contributed by atoms with Gasteiger partial charge in [-0.15, -0.1) is 0 Å². The van der Waals surface area contributed by atoms with Gasteiger partial charge in [-0.25, -0.2) is 4.98 Å². The molecular weight excluding hydrogens is 250 g/mol. The first-order chi connectivity index (χ1) is 9.55. The highest BCUT2D eigenvalue weighted by atomic mass is 16.5. The van der Waals surface area contributed by atoms with Crippen molar-refractivity contribution in [1.29, 1.82) is 0 Å². The minimum absolute atomic E-state index is 0.0214. The Labute approximate surface area is 120 Å². The van der Waals surface area contributed by atoms with E-state index in [1.165, 1.54) is 5.52 Å². The Hall–Kier alpha value is -1.39. The summed E-state index contributed by atoms with van der Waals surface area (Å²) in [5.41, 5.74) is 2.30. The largest absolute Gasteiger partial charge is 0.375 e. The number of benzene rings is 1. The second kappa shape index (κ2) is 5.19. The Morgan fingerprint density at radius 3 is 2.85 bits per heavy atom. The standard InChI is InChI=1S/C16H23N3O/c1-16(2,3)19-14-7-5-4-6-13(14)18-15(19)10-12-11-17-8-9-20-12/h4-7,12,17H,8-11H2,1-3H3. The second-order valence-electron chi connectivity index (χ2n) is 6.42. The highest BCUT2D eigenvalue weighted by Gasteiger charge is 2.24. The van der Waals surface area contributed by atoms with Crippen LogP contribution in [0.25, 0.3) is 11.0 Å². The summed E-state index contributed by atoms with van der Waals surface area (Å²) in [5.74, 6) is 1.12. The lowest BCUT2D eigenvalue weighted by Crippen LogP contribution is -2.40. The molecule has 1 atom stereocenters. The van der Waals surface area contributed by atoms with Crippen molar-refractivity contribution in [2.75, 3.05) is 19.7 Å². The quantitative estimate of drug-likeness (QED) is 0.912. The molecule has 2 heterocycles. The summed E-state index contributed by atoms with van der Waals surface area (Å²) in [7, 11) is 0. The molecule has 1 unspecified atom stereocenters. The minimum atomic E-state index is 0.0214. The van der Waals surface area contributed by atoms with Crippen LogP contribution in [-0.2, 0) is 16.7 Å². The van der Waals surface area contributed by atoms with E-state index in [2.05, 4.69) is 48.9 Å². The molecule has 0 aliphatic carbocycles. The Morgan fingerprint density at radius 2 is 2.15 bits per heavy atom. The number of fused-ring (bicyclic) bond motifs is 1. The molecule has 0 radical (unpaired) electrons. The van der Waals surface area contributed by atoms with Gasteiger partial charge < -0.3 is 14.6 Å². The van der Waals surface area contributed by atoms with Crippen molar-refractivity contribution in [2.45, 2.75) is 38.8 Å². The summed E-state index contributed by atoms with van der Waals surface area (Å²) in [6.07, 6.45) is 1.08. The van der Waals surface area contributed by atoms with E-state index in [0.29, 0.717) is 0 Å². The third-order valence-electron chi connectivity index (χ3n) is 3.72. The summed E-state index contributed by atoms with van der Waals surface area (Å²) in [4.78, 5) is 4.83. The van der Waals surface area contributed by atoms with Gasteiger partial charge in [-0.05, 0) is 32.9 Å². The molecule has 1 saturated heterocycles. The van der Waals surface area contributed by atoms with Crippen molar-refractivity contribution in [3.63, 3.8) is 0 Å². The summed E-state index contributed by atoms with van der Waals surface area (Å²) in [6, 6.07) is 8.36. The van der Waals surface area contributed by atoms with Crippen LogP contribution in [0.2, 0.25) is 0 Å². The van der Waals surface area contributed by atoms with E-state index in [0.717, 1.165) is 37.5 Å². The van der Waals surface area contributed by atoms with Gasteiger partial charge in [-0.1, -0.05) is 12.1 Å². The lowest BCUT2D eigenvalue weighted by Gasteiger charge is -2.28. The molecule has 1 aromatic carbocycles. The number of nitrogens with one attached hydrogen (secondary N) is 1. The number of hydrogen-bond acceptors (Lipinski definition) is 3. The zero-order chi connectivity index (χ0) is 14.2. The lowest BCUT2D eigenvalue weighted by molar-refractivity contribution is 0.0271. The molecule has 2 aromatic rings. The Bertz CT molecular complexity index is 591. The fourth-order valence-electron chi connectivity index (χ4n) is 2.92. The molecule has 1 N–H and O–H groups in total. The van der Waals surface area contributed by atoms with Gasteiger partial charge in [0.25, 0.3) is 0 Å². The Morgan fingerprint density at radius 1 is 1.35 bits per heavy atom. The summed E-state index contributed by atoms with van der Waals surface area (Å²) in [6.45, 7) is 9.33. The third-order valence-corrected chi connectivity index (χ3v) is 3.72. The maximum atomic E-state index is 5.83. The van der Waals surface area contributed by atoms with Crippen LogP contribution < -0.4 is 5.32 Å². The SMILES string of the molecule is CC(C)(C)n1c(CC2CNCCO2)nc2ccccc21. The molecule has 0 bridgehead atoms. The summed E-state index contributed by atoms with van der Waals surface area (Å²) in [5, 5.41) is 3.39. The van der Waals surface area contributed by atoms with Gasteiger partial charge >= 0.3 is 0 Å². The first-order valence-corrected chi connectivity index (χ1v) is 7.35. The molecule has 0 spiro atoms. The van der Waals surface area contributed by atoms with E-state index < -0.39 is 0 Å². The van der Waals surface area contributed by atoms with Crippen LogP contribution in [0.3, 0.4) is 0 Å². The fraction of sp³-hybridized carbons (Fsp3) is 0.562. The minimum Gasteiger partial charge on any atom is -0.375 e. The molecule has 1 fully saturated rings. The monoisotopic (exact) mass is 273 g/mol. The summed E-state index contributed by atoms with van der Waals surface area (Å²) >= 11 is 0. The number of imidazole rings is 1. The number of aromatic nitrogens is 2. The lowest BCUT2D eigenvalue weighted by atomic mass is 10.1. The predicted molar refractivity (Wildman–Crippen MR) is 81.0 cm³/mol. The van der Waals surface area contributed by atoms with Crippen molar-refractivity contribution in [1.82, 2.24) is 14.9 Å². The molecule has 0 saturated carbocycles. The van der Waals surface area contributed by atoms with E-state index in [4.69, 9.17) is 9.72 Å². The van der Waals surface area contributed by atoms with Crippen molar-refractivity contribution in [2.24, 2.45) is 0 Å². The molecule has 1 aliphatic rings. The maximum absolute atomic E-state index is 5.83. The van der Waals surface area contributed by atoms with E-state index in [1.54, 1.807) is 0 Å². The maximum Gasteiger partial charge on any atom is 0.113 e. The van der Waals surface area contributed by atoms with Gasteiger partial charge in [0.05, 0.1) is 23.7 Å². The average molecular weight is 273 g/mol. The van der Waals surface area contributed by atoms with Gasteiger partial charge in [0.15, 0.2) is 0 Å². The number of para-hydroxylation sites is 2. The highest BCUT2D eigenvalue weighted by Crippen LogP contribution is 2.26. The fourth-order valence-corrected chi connectivity index (χ4v) is 2.92. The molecule has 1 aromatic heterocycles. The Balaban J connectivity index is 2.00. The molecule has 4 heteroatoms. The predicted octanol–water partition coefficient (Wildman–Crippen LogP) is 2.32.